The molecule has 0 radical (unpaired) electrons. The van der Waals surface area contributed by atoms with E-state index in [1.54, 1.807) is 0 Å². The fourth-order valence-electron chi connectivity index (χ4n) is 5.43. The summed E-state index contributed by atoms with van der Waals surface area (Å²) in [4.78, 5) is 35.5. The number of hydrogen-bond donors (Lipinski definition) is 1. The second kappa shape index (κ2) is 7.10. The summed E-state index contributed by atoms with van der Waals surface area (Å²) in [5.41, 5.74) is -1.23. The zero-order chi connectivity index (χ0) is 20.7. The molecule has 2 aliphatic carbocycles. The summed E-state index contributed by atoms with van der Waals surface area (Å²) >= 11 is 0. The third-order valence-electron chi connectivity index (χ3n) is 5.73. The van der Waals surface area contributed by atoms with Gasteiger partial charge >= 0.3 is 12.1 Å². The highest BCUT2D eigenvalue weighted by Crippen LogP contribution is 2.55. The lowest BCUT2D eigenvalue weighted by molar-refractivity contribution is -0.175. The molecule has 2 aliphatic rings. The van der Waals surface area contributed by atoms with Crippen molar-refractivity contribution in [1.82, 2.24) is 5.32 Å². The summed E-state index contributed by atoms with van der Waals surface area (Å²) in [6.45, 7) is 13.4. The lowest BCUT2D eigenvalue weighted by atomic mass is 9.53. The minimum atomic E-state index is -1.26. The largest absolute Gasteiger partial charge is 0.425 e. The van der Waals surface area contributed by atoms with Gasteiger partial charge in [-0.15, -0.1) is 0 Å². The predicted octanol–water partition coefficient (Wildman–Crippen LogP) is 4.21. The molecule has 1 amide bonds. The van der Waals surface area contributed by atoms with Crippen LogP contribution in [0.4, 0.5) is 4.79 Å². The molecule has 6 nitrogen and oxygen atoms in total. The Hall–Kier alpha value is -1.59. The van der Waals surface area contributed by atoms with Gasteiger partial charge in [-0.05, 0) is 62.7 Å². The first-order chi connectivity index (χ1) is 12.2. The molecule has 0 aromatic rings. The third-order valence-corrected chi connectivity index (χ3v) is 5.73. The average Bonchev–Trinajstić information content (AvgIpc) is 2.41. The van der Waals surface area contributed by atoms with Crippen LogP contribution in [0.2, 0.25) is 0 Å². The molecule has 6 heteroatoms. The Morgan fingerprint density at radius 3 is 2.04 bits per heavy atom. The van der Waals surface area contributed by atoms with Gasteiger partial charge < -0.3 is 19.6 Å². The van der Waals surface area contributed by atoms with E-state index in [0.717, 1.165) is 19.3 Å². The van der Waals surface area contributed by atoms with Crippen molar-refractivity contribution >= 4 is 18.3 Å². The number of aldehydes is 1. The molecule has 2 bridgehead atoms. The Balaban J connectivity index is 2.02. The molecule has 2 rings (SSSR count). The van der Waals surface area contributed by atoms with E-state index in [-0.39, 0.29) is 16.4 Å². The molecule has 154 valence electrons. The predicted molar refractivity (Wildman–Crippen MR) is 102 cm³/mol. The Kier molecular flexibility index (Phi) is 5.71. The molecule has 0 aromatic heterocycles. The molecule has 1 N–H and O–H groups in total. The van der Waals surface area contributed by atoms with Crippen LogP contribution in [-0.2, 0) is 19.1 Å². The second-order valence-corrected chi connectivity index (χ2v) is 10.8. The summed E-state index contributed by atoms with van der Waals surface area (Å²) in [5, 5.41) is 3.11. The molecule has 27 heavy (non-hydrogen) atoms. The molecule has 0 aromatic carbocycles. The van der Waals surface area contributed by atoms with Crippen LogP contribution in [0.5, 0.6) is 0 Å². The van der Waals surface area contributed by atoms with Crippen LogP contribution < -0.4 is 5.32 Å². The van der Waals surface area contributed by atoms with Gasteiger partial charge in [-0.2, -0.15) is 0 Å². The number of carbonyl (C=O) groups excluding carboxylic acids is 3. The molecule has 1 atom stereocenters. The standard InChI is InChI=1S/C21H35NO5/c1-14(26-16(24)20(6,7)13-23)27-17(25)22-21-10-15(8-18(2,3)11-21)9-19(4,5)12-21/h13-15H,8-12H2,1-7H3,(H,22,25). The van der Waals surface area contributed by atoms with Crippen LogP contribution in [-0.4, -0.2) is 30.2 Å². The van der Waals surface area contributed by atoms with Crippen molar-refractivity contribution in [2.24, 2.45) is 22.2 Å². The Morgan fingerprint density at radius 2 is 1.56 bits per heavy atom. The molecule has 0 aliphatic heterocycles. The quantitative estimate of drug-likeness (QED) is 0.334. The minimum absolute atomic E-state index is 0.165. The molecular formula is C21H35NO5. The summed E-state index contributed by atoms with van der Waals surface area (Å²) < 4.78 is 10.4. The number of alkyl carbamates (subject to hydrolysis) is 1. The topological polar surface area (TPSA) is 81.7 Å². The van der Waals surface area contributed by atoms with Crippen molar-refractivity contribution in [3.05, 3.63) is 0 Å². The van der Waals surface area contributed by atoms with E-state index >= 15 is 0 Å². The molecule has 0 saturated heterocycles. The zero-order valence-corrected chi connectivity index (χ0v) is 17.8. The minimum Gasteiger partial charge on any atom is -0.425 e. The van der Waals surface area contributed by atoms with Gasteiger partial charge in [0.2, 0.25) is 6.29 Å². The monoisotopic (exact) mass is 381 g/mol. The van der Waals surface area contributed by atoms with Gasteiger partial charge in [-0.25, -0.2) is 4.79 Å². The van der Waals surface area contributed by atoms with Crippen LogP contribution in [0.15, 0.2) is 0 Å². The number of amides is 1. The maximum absolute atomic E-state index is 12.5. The van der Waals surface area contributed by atoms with Crippen molar-refractivity contribution in [2.75, 3.05) is 0 Å². The van der Waals surface area contributed by atoms with Gasteiger partial charge in [-0.3, -0.25) is 4.79 Å². The highest BCUT2D eigenvalue weighted by atomic mass is 16.7. The van der Waals surface area contributed by atoms with Crippen LogP contribution in [0, 0.1) is 22.2 Å². The molecule has 2 fully saturated rings. The van der Waals surface area contributed by atoms with Crippen molar-refractivity contribution in [3.63, 3.8) is 0 Å². The maximum atomic E-state index is 12.5. The number of rotatable bonds is 5. The molecule has 0 heterocycles. The highest BCUT2D eigenvalue weighted by Gasteiger charge is 2.52. The van der Waals surface area contributed by atoms with Crippen LogP contribution in [0.1, 0.15) is 80.6 Å². The van der Waals surface area contributed by atoms with E-state index in [1.807, 2.05) is 0 Å². The van der Waals surface area contributed by atoms with Crippen molar-refractivity contribution in [2.45, 2.75) is 92.4 Å². The Morgan fingerprint density at radius 1 is 1.04 bits per heavy atom. The fraction of sp³-hybridized carbons (Fsp3) is 0.857. The summed E-state index contributed by atoms with van der Waals surface area (Å²) in [5.74, 6) is -0.130. The average molecular weight is 382 g/mol. The van der Waals surface area contributed by atoms with Gasteiger partial charge in [0, 0.05) is 12.5 Å². The van der Waals surface area contributed by atoms with Crippen LogP contribution in [0.25, 0.3) is 0 Å². The van der Waals surface area contributed by atoms with Gasteiger partial charge in [0.1, 0.15) is 11.7 Å². The van der Waals surface area contributed by atoms with E-state index in [0.29, 0.717) is 12.2 Å². The summed E-state index contributed by atoms with van der Waals surface area (Å²) in [7, 11) is 0. The SMILES string of the molecule is CC(OC(=O)NC12CC(CC(C)(C)C1)CC(C)(C)C2)OC(=O)C(C)(C)C=O. The number of esters is 1. The summed E-state index contributed by atoms with van der Waals surface area (Å²) in [6.07, 6.45) is 4.00. The van der Waals surface area contributed by atoms with Gasteiger partial charge in [0.25, 0.3) is 0 Å². The zero-order valence-electron chi connectivity index (χ0n) is 17.8. The fourth-order valence-corrected chi connectivity index (χ4v) is 5.43. The molecular weight excluding hydrogens is 346 g/mol. The number of ether oxygens (including phenoxy) is 2. The highest BCUT2D eigenvalue weighted by molar-refractivity contribution is 5.92. The Bertz CT molecular complexity index is 588. The first-order valence-electron chi connectivity index (χ1n) is 9.84. The first kappa shape index (κ1) is 21.7. The number of hydrogen-bond acceptors (Lipinski definition) is 5. The van der Waals surface area contributed by atoms with E-state index in [9.17, 15) is 14.4 Å². The van der Waals surface area contributed by atoms with Crippen LogP contribution >= 0.6 is 0 Å². The van der Waals surface area contributed by atoms with Gasteiger partial charge in [-0.1, -0.05) is 27.7 Å². The van der Waals surface area contributed by atoms with E-state index in [2.05, 4.69) is 33.0 Å². The summed E-state index contributed by atoms with van der Waals surface area (Å²) in [6, 6.07) is 0. The lowest BCUT2D eigenvalue weighted by Crippen LogP contribution is -2.60. The molecule has 1 unspecified atom stereocenters. The van der Waals surface area contributed by atoms with Crippen molar-refractivity contribution in [1.29, 1.82) is 0 Å². The maximum Gasteiger partial charge on any atom is 0.410 e. The third kappa shape index (κ3) is 5.45. The second-order valence-electron chi connectivity index (χ2n) is 10.8. The van der Waals surface area contributed by atoms with E-state index < -0.39 is 23.8 Å². The van der Waals surface area contributed by atoms with E-state index in [1.165, 1.54) is 33.6 Å². The number of fused-ring (bicyclic) bond motifs is 2. The van der Waals surface area contributed by atoms with Gasteiger partial charge in [0.15, 0.2) is 0 Å². The van der Waals surface area contributed by atoms with E-state index in [4.69, 9.17) is 9.47 Å². The van der Waals surface area contributed by atoms with Crippen molar-refractivity contribution < 1.29 is 23.9 Å². The van der Waals surface area contributed by atoms with Crippen molar-refractivity contribution in [3.8, 4) is 0 Å². The smallest absolute Gasteiger partial charge is 0.410 e. The normalized spacial score (nSPS) is 30.0. The molecule has 0 spiro atoms. The number of nitrogens with one attached hydrogen (secondary N) is 1. The van der Waals surface area contributed by atoms with Crippen LogP contribution in [0.3, 0.4) is 0 Å². The first-order valence-corrected chi connectivity index (χ1v) is 9.84. The number of carbonyl (C=O) groups is 3. The Labute approximate surface area is 162 Å². The lowest BCUT2D eigenvalue weighted by Gasteiger charge is -2.56. The molecule has 2 saturated carbocycles. The van der Waals surface area contributed by atoms with Gasteiger partial charge in [0.05, 0.1) is 0 Å².